The molecule has 0 unspecified atom stereocenters. The van der Waals surface area contributed by atoms with Crippen molar-refractivity contribution in [1.82, 2.24) is 5.48 Å². The first-order chi connectivity index (χ1) is 12.7. The molecule has 0 saturated carbocycles. The molecular formula is C21H24ClNO4. The smallest absolute Gasteiger partial charge is 0.337 e. The topological polar surface area (TPSA) is 67.8 Å². The van der Waals surface area contributed by atoms with Gasteiger partial charge in [-0.1, -0.05) is 63.2 Å². The minimum absolute atomic E-state index is 0.0377. The molecule has 0 atom stereocenters. The van der Waals surface area contributed by atoms with Crippen LogP contribution in [0.4, 0.5) is 0 Å². The quantitative estimate of drug-likeness (QED) is 0.496. The number of carbonyl (C=O) groups is 1. The van der Waals surface area contributed by atoms with Gasteiger partial charge in [0.2, 0.25) is 0 Å². The first kappa shape index (κ1) is 20.8. The van der Waals surface area contributed by atoms with Gasteiger partial charge in [0.15, 0.2) is 0 Å². The number of hydroxylamine groups is 1. The zero-order chi connectivity index (χ0) is 20.0. The molecule has 27 heavy (non-hydrogen) atoms. The standard InChI is InChI=1S/C21H24ClNO4/c1-14(15-5-7-16(8-6-15)21(2,3)4)23-27-12-11-26-17-9-10-18(20(24)25)19(22)13-17/h5-10,13,23H,1,11-12H2,2-4H3,(H,24,25). The van der Waals surface area contributed by atoms with Crippen LogP contribution in [-0.2, 0) is 10.3 Å². The van der Waals surface area contributed by atoms with Gasteiger partial charge in [-0.3, -0.25) is 10.3 Å². The average molecular weight is 390 g/mol. The predicted octanol–water partition coefficient (Wildman–Crippen LogP) is 4.91. The van der Waals surface area contributed by atoms with E-state index in [1.54, 1.807) is 6.07 Å². The van der Waals surface area contributed by atoms with Gasteiger partial charge in [0.25, 0.3) is 0 Å². The van der Waals surface area contributed by atoms with Crippen molar-refractivity contribution in [1.29, 1.82) is 0 Å². The Balaban J connectivity index is 1.76. The average Bonchev–Trinajstić information content (AvgIpc) is 2.60. The lowest BCUT2D eigenvalue weighted by atomic mass is 9.86. The van der Waals surface area contributed by atoms with Gasteiger partial charge < -0.3 is 9.84 Å². The summed E-state index contributed by atoms with van der Waals surface area (Å²) in [5.74, 6) is -0.599. The van der Waals surface area contributed by atoms with Gasteiger partial charge in [0.1, 0.15) is 19.0 Å². The van der Waals surface area contributed by atoms with E-state index >= 15 is 0 Å². The molecule has 0 amide bonds. The van der Waals surface area contributed by atoms with E-state index in [-0.39, 0.29) is 29.2 Å². The summed E-state index contributed by atoms with van der Waals surface area (Å²) < 4.78 is 5.49. The minimum atomic E-state index is -1.08. The molecule has 6 heteroatoms. The van der Waals surface area contributed by atoms with E-state index in [1.165, 1.54) is 17.7 Å². The second kappa shape index (κ2) is 8.93. The molecule has 0 aliphatic rings. The Kier molecular flexibility index (Phi) is 6.88. The lowest BCUT2D eigenvalue weighted by Gasteiger charge is -2.19. The third kappa shape index (κ3) is 6.01. The zero-order valence-corrected chi connectivity index (χ0v) is 16.5. The van der Waals surface area contributed by atoms with Crippen molar-refractivity contribution in [3.63, 3.8) is 0 Å². The summed E-state index contributed by atoms with van der Waals surface area (Å²) in [6, 6.07) is 12.6. The van der Waals surface area contributed by atoms with Crippen LogP contribution in [0, 0.1) is 0 Å². The number of nitrogens with one attached hydrogen (secondary N) is 1. The van der Waals surface area contributed by atoms with Crippen molar-refractivity contribution in [3.8, 4) is 5.75 Å². The van der Waals surface area contributed by atoms with Crippen LogP contribution in [0.5, 0.6) is 5.75 Å². The predicted molar refractivity (Wildman–Crippen MR) is 107 cm³/mol. The summed E-state index contributed by atoms with van der Waals surface area (Å²) in [5, 5.41) is 9.07. The van der Waals surface area contributed by atoms with Gasteiger partial charge in [-0.2, -0.15) is 0 Å². The third-order valence-electron chi connectivity index (χ3n) is 3.92. The molecule has 0 heterocycles. The normalized spacial score (nSPS) is 11.1. The molecule has 0 radical (unpaired) electrons. The Bertz CT molecular complexity index is 810. The van der Waals surface area contributed by atoms with Crippen LogP contribution in [-0.4, -0.2) is 24.3 Å². The number of carboxylic acids is 1. The zero-order valence-electron chi connectivity index (χ0n) is 15.7. The molecule has 0 bridgehead atoms. The number of hydrogen-bond acceptors (Lipinski definition) is 4. The number of aromatic carboxylic acids is 1. The number of hydrogen-bond donors (Lipinski definition) is 2. The fourth-order valence-corrected chi connectivity index (χ4v) is 2.58. The van der Waals surface area contributed by atoms with Crippen molar-refractivity contribution in [2.75, 3.05) is 13.2 Å². The van der Waals surface area contributed by atoms with Crippen molar-refractivity contribution >= 4 is 23.3 Å². The maximum atomic E-state index is 10.9. The molecule has 0 saturated heterocycles. The molecule has 2 rings (SSSR count). The molecule has 144 valence electrons. The Morgan fingerprint density at radius 2 is 1.81 bits per heavy atom. The molecule has 0 fully saturated rings. The first-order valence-electron chi connectivity index (χ1n) is 8.52. The highest BCUT2D eigenvalue weighted by molar-refractivity contribution is 6.33. The monoisotopic (exact) mass is 389 g/mol. The first-order valence-corrected chi connectivity index (χ1v) is 8.89. The van der Waals surface area contributed by atoms with Gasteiger partial charge in [0.05, 0.1) is 16.3 Å². The molecule has 0 aromatic heterocycles. The summed E-state index contributed by atoms with van der Waals surface area (Å²) in [4.78, 5) is 16.3. The van der Waals surface area contributed by atoms with Crippen molar-refractivity contribution in [2.45, 2.75) is 26.2 Å². The fourth-order valence-electron chi connectivity index (χ4n) is 2.33. The van der Waals surface area contributed by atoms with Crippen LogP contribution in [0.2, 0.25) is 5.02 Å². The lowest BCUT2D eigenvalue weighted by molar-refractivity contribution is 0.0541. The van der Waals surface area contributed by atoms with Crippen molar-refractivity contribution < 1.29 is 19.5 Å². The molecule has 2 N–H and O–H groups in total. The summed E-state index contributed by atoms with van der Waals surface area (Å²) in [5.41, 5.74) is 5.79. The fraction of sp³-hybridized carbons (Fsp3) is 0.286. The van der Waals surface area contributed by atoms with Gasteiger partial charge >= 0.3 is 5.97 Å². The van der Waals surface area contributed by atoms with E-state index in [2.05, 4.69) is 45.0 Å². The molecule has 0 aliphatic heterocycles. The summed E-state index contributed by atoms with van der Waals surface area (Å²) in [7, 11) is 0. The SMILES string of the molecule is C=C(NOCCOc1ccc(C(=O)O)c(Cl)c1)c1ccc(C(C)(C)C)cc1. The maximum Gasteiger partial charge on any atom is 0.337 e. The molecular weight excluding hydrogens is 366 g/mol. The Labute approximate surface area is 164 Å². The molecule has 5 nitrogen and oxygen atoms in total. The van der Waals surface area contributed by atoms with E-state index in [9.17, 15) is 4.79 Å². The number of carboxylic acid groups (broad SMARTS) is 1. The lowest BCUT2D eigenvalue weighted by Crippen LogP contribution is -2.17. The Morgan fingerprint density at radius 1 is 1.15 bits per heavy atom. The highest BCUT2D eigenvalue weighted by Gasteiger charge is 2.13. The molecule has 2 aromatic rings. The van der Waals surface area contributed by atoms with Crippen molar-refractivity contribution in [2.24, 2.45) is 0 Å². The van der Waals surface area contributed by atoms with Crippen LogP contribution in [0.25, 0.3) is 5.70 Å². The number of benzene rings is 2. The van der Waals surface area contributed by atoms with Gasteiger partial charge in [-0.15, -0.1) is 0 Å². The van der Waals surface area contributed by atoms with E-state index in [0.717, 1.165) is 5.56 Å². The Morgan fingerprint density at radius 3 is 2.37 bits per heavy atom. The summed E-state index contributed by atoms with van der Waals surface area (Å²) in [6.07, 6.45) is 0. The largest absolute Gasteiger partial charge is 0.491 e. The van der Waals surface area contributed by atoms with E-state index in [0.29, 0.717) is 11.4 Å². The molecule has 0 aliphatic carbocycles. The van der Waals surface area contributed by atoms with E-state index in [1.807, 2.05) is 12.1 Å². The number of halogens is 1. The van der Waals surface area contributed by atoms with Gasteiger partial charge in [-0.25, -0.2) is 4.79 Å². The summed E-state index contributed by atoms with van der Waals surface area (Å²) >= 11 is 5.90. The van der Waals surface area contributed by atoms with E-state index < -0.39 is 5.97 Å². The molecule has 2 aromatic carbocycles. The second-order valence-corrected chi connectivity index (χ2v) is 7.46. The maximum absolute atomic E-state index is 10.9. The molecule has 0 spiro atoms. The van der Waals surface area contributed by atoms with Gasteiger partial charge in [0, 0.05) is 0 Å². The minimum Gasteiger partial charge on any atom is -0.491 e. The van der Waals surface area contributed by atoms with Crippen molar-refractivity contribution in [3.05, 3.63) is 70.8 Å². The van der Waals surface area contributed by atoms with Crippen LogP contribution in [0.3, 0.4) is 0 Å². The van der Waals surface area contributed by atoms with Crippen LogP contribution >= 0.6 is 11.6 Å². The summed E-state index contributed by atoms with van der Waals surface area (Å²) in [6.45, 7) is 11.0. The van der Waals surface area contributed by atoms with Crippen LogP contribution in [0.1, 0.15) is 42.3 Å². The van der Waals surface area contributed by atoms with Crippen LogP contribution < -0.4 is 10.2 Å². The number of rotatable bonds is 8. The van der Waals surface area contributed by atoms with E-state index in [4.69, 9.17) is 26.3 Å². The highest BCUT2D eigenvalue weighted by Crippen LogP contribution is 2.24. The van der Waals surface area contributed by atoms with Crippen LogP contribution in [0.15, 0.2) is 49.0 Å². The second-order valence-electron chi connectivity index (χ2n) is 7.05. The Hall–Kier alpha value is -2.50. The van der Waals surface area contributed by atoms with Gasteiger partial charge in [-0.05, 0) is 34.7 Å². The number of ether oxygens (including phenoxy) is 1. The third-order valence-corrected chi connectivity index (χ3v) is 4.23. The highest BCUT2D eigenvalue weighted by atomic mass is 35.5.